The first-order valence-electron chi connectivity index (χ1n) is 9.97. The van der Waals surface area contributed by atoms with Gasteiger partial charge in [0.05, 0.1) is 17.3 Å². The first kappa shape index (κ1) is 20.3. The smallest absolute Gasteiger partial charge is 0.193 e. The molecule has 28 heavy (non-hydrogen) atoms. The van der Waals surface area contributed by atoms with Crippen molar-refractivity contribution in [1.82, 2.24) is 10.2 Å². The van der Waals surface area contributed by atoms with Crippen LogP contribution in [0.4, 0.5) is 0 Å². The lowest BCUT2D eigenvalue weighted by Crippen LogP contribution is -2.44. The summed E-state index contributed by atoms with van der Waals surface area (Å²) in [6.45, 7) is 5.41. The second-order valence-electron chi connectivity index (χ2n) is 6.80. The van der Waals surface area contributed by atoms with Gasteiger partial charge < -0.3 is 10.2 Å². The molecule has 4 nitrogen and oxygen atoms in total. The molecule has 0 bridgehead atoms. The SMILES string of the molecule is CCNC(=NCCS(=O)c1ccccc1)N1CCC(=Cc2ccccc2)CC1. The topological polar surface area (TPSA) is 44.7 Å². The highest BCUT2D eigenvalue weighted by Crippen LogP contribution is 2.19. The number of piperidine rings is 1. The third-order valence-corrected chi connectivity index (χ3v) is 6.11. The normalized spacial score (nSPS) is 16.0. The van der Waals surface area contributed by atoms with Crippen LogP contribution in [0.1, 0.15) is 25.3 Å². The van der Waals surface area contributed by atoms with Crippen molar-refractivity contribution in [3.63, 3.8) is 0 Å². The standard InChI is InChI=1S/C23H29N3OS/c1-2-24-23(25-15-18-28(27)22-11-7-4-8-12-22)26-16-13-21(14-17-26)19-20-9-5-3-6-10-20/h3-12,19H,2,13-18H2,1H3,(H,24,25). The molecule has 1 heterocycles. The molecule has 1 atom stereocenters. The molecule has 1 fully saturated rings. The van der Waals surface area contributed by atoms with Gasteiger partial charge in [-0.3, -0.25) is 9.20 Å². The number of rotatable bonds is 6. The molecule has 0 saturated carbocycles. The van der Waals surface area contributed by atoms with Crippen LogP contribution >= 0.6 is 0 Å². The molecule has 0 radical (unpaired) electrons. The lowest BCUT2D eigenvalue weighted by atomic mass is 10.0. The van der Waals surface area contributed by atoms with Crippen LogP contribution in [0, 0.1) is 0 Å². The fourth-order valence-electron chi connectivity index (χ4n) is 3.29. The van der Waals surface area contributed by atoms with Crippen LogP contribution in [0.2, 0.25) is 0 Å². The molecule has 0 aromatic heterocycles. The van der Waals surface area contributed by atoms with Crippen LogP contribution in [-0.4, -0.2) is 47.0 Å². The zero-order valence-electron chi connectivity index (χ0n) is 16.5. The van der Waals surface area contributed by atoms with Gasteiger partial charge in [0.2, 0.25) is 0 Å². The van der Waals surface area contributed by atoms with Crippen molar-refractivity contribution in [1.29, 1.82) is 0 Å². The Kier molecular flexibility index (Phi) is 7.85. The van der Waals surface area contributed by atoms with Crippen molar-refractivity contribution in [3.8, 4) is 0 Å². The fraction of sp³-hybridized carbons (Fsp3) is 0.348. The van der Waals surface area contributed by atoms with E-state index in [0.717, 1.165) is 43.3 Å². The molecular formula is C23H29N3OS. The van der Waals surface area contributed by atoms with E-state index < -0.39 is 10.8 Å². The van der Waals surface area contributed by atoms with E-state index in [-0.39, 0.29) is 0 Å². The molecule has 1 aliphatic rings. The van der Waals surface area contributed by atoms with Gasteiger partial charge in [0.25, 0.3) is 0 Å². The maximum absolute atomic E-state index is 12.4. The van der Waals surface area contributed by atoms with Gasteiger partial charge in [-0.2, -0.15) is 0 Å². The second-order valence-corrected chi connectivity index (χ2v) is 8.37. The molecule has 1 aliphatic heterocycles. The van der Waals surface area contributed by atoms with Gasteiger partial charge in [-0.15, -0.1) is 0 Å². The highest BCUT2D eigenvalue weighted by Gasteiger charge is 2.17. The first-order chi connectivity index (χ1) is 13.8. The number of likely N-dealkylation sites (tertiary alicyclic amines) is 1. The molecule has 1 saturated heterocycles. The lowest BCUT2D eigenvalue weighted by molar-refractivity contribution is 0.376. The maximum Gasteiger partial charge on any atom is 0.193 e. The van der Waals surface area contributed by atoms with E-state index in [2.05, 4.69) is 53.5 Å². The average Bonchev–Trinajstić information content (AvgIpc) is 2.75. The van der Waals surface area contributed by atoms with Crippen molar-refractivity contribution in [3.05, 3.63) is 71.8 Å². The summed E-state index contributed by atoms with van der Waals surface area (Å²) in [5, 5.41) is 3.39. The zero-order valence-corrected chi connectivity index (χ0v) is 17.3. The van der Waals surface area contributed by atoms with Crippen molar-refractivity contribution >= 4 is 22.8 Å². The Bertz CT molecular complexity index is 808. The van der Waals surface area contributed by atoms with Crippen LogP contribution in [0.3, 0.4) is 0 Å². The minimum atomic E-state index is -1.000. The molecule has 0 spiro atoms. The van der Waals surface area contributed by atoms with Gasteiger partial charge in [-0.05, 0) is 37.5 Å². The number of nitrogens with zero attached hydrogens (tertiary/aromatic N) is 2. The molecule has 148 valence electrons. The fourth-order valence-corrected chi connectivity index (χ4v) is 4.24. The van der Waals surface area contributed by atoms with Crippen molar-refractivity contribution in [2.24, 2.45) is 4.99 Å². The first-order valence-corrected chi connectivity index (χ1v) is 11.3. The summed E-state index contributed by atoms with van der Waals surface area (Å²) < 4.78 is 12.4. The van der Waals surface area contributed by atoms with Crippen molar-refractivity contribution in [2.45, 2.75) is 24.7 Å². The number of nitrogens with one attached hydrogen (secondary N) is 1. The third kappa shape index (κ3) is 6.06. The van der Waals surface area contributed by atoms with Gasteiger partial charge in [0, 0.05) is 30.3 Å². The summed E-state index contributed by atoms with van der Waals surface area (Å²) in [6, 6.07) is 20.1. The summed E-state index contributed by atoms with van der Waals surface area (Å²) in [5.41, 5.74) is 2.76. The Morgan fingerprint density at radius 3 is 2.36 bits per heavy atom. The quantitative estimate of drug-likeness (QED) is 0.595. The monoisotopic (exact) mass is 395 g/mol. The average molecular weight is 396 g/mol. The molecular weight excluding hydrogens is 366 g/mol. The third-order valence-electron chi connectivity index (χ3n) is 4.75. The summed E-state index contributed by atoms with van der Waals surface area (Å²) in [5.74, 6) is 1.48. The van der Waals surface area contributed by atoms with Crippen LogP contribution in [-0.2, 0) is 10.8 Å². The van der Waals surface area contributed by atoms with E-state index in [1.807, 2.05) is 30.3 Å². The zero-order chi connectivity index (χ0) is 19.6. The highest BCUT2D eigenvalue weighted by atomic mass is 32.2. The molecule has 3 rings (SSSR count). The number of hydrogen-bond donors (Lipinski definition) is 1. The Hall–Kier alpha value is -2.40. The minimum absolute atomic E-state index is 0.548. The number of guanidine groups is 1. The van der Waals surface area contributed by atoms with Crippen LogP contribution in [0.25, 0.3) is 6.08 Å². The van der Waals surface area contributed by atoms with E-state index >= 15 is 0 Å². The summed E-state index contributed by atoms with van der Waals surface area (Å²) in [6.07, 6.45) is 4.41. The number of hydrogen-bond acceptors (Lipinski definition) is 2. The van der Waals surface area contributed by atoms with Gasteiger partial charge in [0.15, 0.2) is 5.96 Å². The Labute approximate surface area is 170 Å². The Balaban J connectivity index is 1.55. The van der Waals surface area contributed by atoms with Crippen LogP contribution < -0.4 is 5.32 Å². The maximum atomic E-state index is 12.4. The Morgan fingerprint density at radius 1 is 1.07 bits per heavy atom. The number of benzene rings is 2. The van der Waals surface area contributed by atoms with Crippen molar-refractivity contribution < 1.29 is 4.21 Å². The van der Waals surface area contributed by atoms with Gasteiger partial charge in [-0.1, -0.05) is 60.2 Å². The van der Waals surface area contributed by atoms with E-state index in [1.165, 1.54) is 11.1 Å². The molecule has 5 heteroatoms. The van der Waals surface area contributed by atoms with E-state index in [1.54, 1.807) is 0 Å². The minimum Gasteiger partial charge on any atom is -0.357 e. The molecule has 0 aliphatic carbocycles. The van der Waals surface area contributed by atoms with Gasteiger partial charge in [-0.25, -0.2) is 0 Å². The molecule has 1 unspecified atom stereocenters. The van der Waals surface area contributed by atoms with E-state index in [4.69, 9.17) is 4.99 Å². The highest BCUT2D eigenvalue weighted by molar-refractivity contribution is 7.85. The molecule has 2 aromatic carbocycles. The van der Waals surface area contributed by atoms with Crippen LogP contribution in [0.15, 0.2) is 76.1 Å². The van der Waals surface area contributed by atoms with Gasteiger partial charge in [0.1, 0.15) is 0 Å². The lowest BCUT2D eigenvalue weighted by Gasteiger charge is -2.31. The predicted molar refractivity (Wildman–Crippen MR) is 119 cm³/mol. The van der Waals surface area contributed by atoms with E-state index in [0.29, 0.717) is 12.3 Å². The number of aliphatic imine (C=N–C) groups is 1. The Morgan fingerprint density at radius 2 is 1.71 bits per heavy atom. The summed E-state index contributed by atoms with van der Waals surface area (Å²) >= 11 is 0. The summed E-state index contributed by atoms with van der Waals surface area (Å²) in [7, 11) is -1.000. The molecule has 0 amide bonds. The van der Waals surface area contributed by atoms with Gasteiger partial charge >= 0.3 is 0 Å². The molecule has 1 N–H and O–H groups in total. The van der Waals surface area contributed by atoms with E-state index in [9.17, 15) is 4.21 Å². The predicted octanol–water partition coefficient (Wildman–Crippen LogP) is 3.94. The largest absolute Gasteiger partial charge is 0.357 e. The van der Waals surface area contributed by atoms with Crippen LogP contribution in [0.5, 0.6) is 0 Å². The second kappa shape index (κ2) is 10.8. The van der Waals surface area contributed by atoms with Crippen molar-refractivity contribution in [2.75, 3.05) is 31.9 Å². The molecule has 2 aromatic rings. The summed E-state index contributed by atoms with van der Waals surface area (Å²) in [4.78, 5) is 7.92.